The Balaban J connectivity index is 1.97. The van der Waals surface area contributed by atoms with Gasteiger partial charge in [-0.2, -0.15) is 5.26 Å². The Morgan fingerprint density at radius 1 is 1.24 bits per heavy atom. The first-order chi connectivity index (χ1) is 10.4. The van der Waals surface area contributed by atoms with Crippen molar-refractivity contribution >= 4 is 17.7 Å². The molecule has 1 aromatic carbocycles. The van der Waals surface area contributed by atoms with Crippen LogP contribution in [0.25, 0.3) is 5.70 Å². The molecule has 3 aliphatic rings. The van der Waals surface area contributed by atoms with Gasteiger partial charge in [-0.25, -0.2) is 4.99 Å². The second-order valence-corrected chi connectivity index (χ2v) is 5.06. The molecule has 0 radical (unpaired) electrons. The number of fused-ring (bicyclic) bond motifs is 3. The maximum Gasteiger partial charge on any atom is 0.156 e. The van der Waals surface area contributed by atoms with E-state index in [9.17, 15) is 0 Å². The van der Waals surface area contributed by atoms with Gasteiger partial charge in [0.25, 0.3) is 0 Å². The van der Waals surface area contributed by atoms with Gasteiger partial charge in [-0.15, -0.1) is 0 Å². The lowest BCUT2D eigenvalue weighted by molar-refractivity contribution is 0.674. The third kappa shape index (κ3) is 1.75. The van der Waals surface area contributed by atoms with E-state index in [1.54, 1.807) is 18.5 Å². The second-order valence-electron chi connectivity index (χ2n) is 5.06. The average molecular weight is 272 g/mol. The molecule has 0 fully saturated rings. The van der Waals surface area contributed by atoms with Gasteiger partial charge in [0, 0.05) is 29.6 Å². The van der Waals surface area contributed by atoms with Gasteiger partial charge in [-0.05, 0) is 18.4 Å². The molecule has 0 bridgehead atoms. The van der Waals surface area contributed by atoms with E-state index < -0.39 is 0 Å². The van der Waals surface area contributed by atoms with Gasteiger partial charge in [-0.1, -0.05) is 24.3 Å². The van der Waals surface area contributed by atoms with Crippen LogP contribution in [-0.4, -0.2) is 17.0 Å². The Morgan fingerprint density at radius 3 is 3.05 bits per heavy atom. The fourth-order valence-electron chi connectivity index (χ4n) is 3.00. The predicted octanol–water partition coefficient (Wildman–Crippen LogP) is 3.02. The van der Waals surface area contributed by atoms with Gasteiger partial charge in [0.15, 0.2) is 5.84 Å². The second kappa shape index (κ2) is 4.57. The van der Waals surface area contributed by atoms with E-state index in [0.717, 1.165) is 41.2 Å². The third-order valence-electron chi connectivity index (χ3n) is 3.94. The molecule has 0 saturated carbocycles. The number of allylic oxidation sites excluding steroid dienone is 2. The van der Waals surface area contributed by atoms with Gasteiger partial charge in [-0.3, -0.25) is 9.89 Å². The summed E-state index contributed by atoms with van der Waals surface area (Å²) in [5.41, 5.74) is 5.51. The number of rotatable bonds is 0. The summed E-state index contributed by atoms with van der Waals surface area (Å²) >= 11 is 0. The van der Waals surface area contributed by atoms with Crippen molar-refractivity contribution in [2.45, 2.75) is 12.8 Å². The molecule has 0 aromatic heterocycles. The molecule has 2 heterocycles. The van der Waals surface area contributed by atoms with E-state index in [4.69, 9.17) is 10.3 Å². The van der Waals surface area contributed by atoms with Gasteiger partial charge in [0.05, 0.1) is 23.7 Å². The molecular formula is C17H12N4. The van der Waals surface area contributed by atoms with Crippen LogP contribution in [0.2, 0.25) is 0 Å². The summed E-state index contributed by atoms with van der Waals surface area (Å²) in [5, 5.41) is 9.12. The van der Waals surface area contributed by atoms with Gasteiger partial charge in [0.1, 0.15) is 0 Å². The minimum atomic E-state index is 0.759. The third-order valence-corrected chi connectivity index (χ3v) is 3.94. The van der Waals surface area contributed by atoms with Crippen molar-refractivity contribution in [2.24, 2.45) is 9.98 Å². The number of hydrogen-bond acceptors (Lipinski definition) is 4. The molecule has 21 heavy (non-hydrogen) atoms. The molecule has 100 valence electrons. The van der Waals surface area contributed by atoms with E-state index in [2.05, 4.69) is 29.3 Å². The molecule has 0 saturated heterocycles. The fourth-order valence-corrected chi connectivity index (χ4v) is 3.00. The largest absolute Gasteiger partial charge is 0.298 e. The van der Waals surface area contributed by atoms with Crippen molar-refractivity contribution in [1.29, 1.82) is 5.26 Å². The lowest BCUT2D eigenvalue weighted by Crippen LogP contribution is -2.33. The van der Waals surface area contributed by atoms with Crippen molar-refractivity contribution in [1.82, 2.24) is 4.90 Å². The first kappa shape index (κ1) is 11.9. The fraction of sp³-hybridized carbons (Fsp3) is 0.118. The van der Waals surface area contributed by atoms with Crippen LogP contribution in [0.3, 0.4) is 0 Å². The molecule has 0 amide bonds. The number of nitrogens with zero attached hydrogens (tertiary/aromatic N) is 4. The van der Waals surface area contributed by atoms with E-state index in [1.165, 1.54) is 5.56 Å². The van der Waals surface area contributed by atoms with Crippen LogP contribution in [0, 0.1) is 11.3 Å². The predicted molar refractivity (Wildman–Crippen MR) is 82.3 cm³/mol. The molecule has 4 rings (SSSR count). The molecule has 1 aliphatic carbocycles. The van der Waals surface area contributed by atoms with Crippen molar-refractivity contribution in [2.75, 3.05) is 0 Å². The number of benzene rings is 1. The Bertz CT molecular complexity index is 815. The van der Waals surface area contributed by atoms with Gasteiger partial charge in [0.2, 0.25) is 0 Å². The topological polar surface area (TPSA) is 51.8 Å². The zero-order chi connectivity index (χ0) is 14.2. The molecule has 4 nitrogen and oxygen atoms in total. The highest BCUT2D eigenvalue weighted by Crippen LogP contribution is 2.40. The minimum Gasteiger partial charge on any atom is -0.298 e. The van der Waals surface area contributed by atoms with E-state index in [0.29, 0.717) is 0 Å². The highest BCUT2D eigenvalue weighted by molar-refractivity contribution is 6.32. The Morgan fingerprint density at radius 2 is 2.14 bits per heavy atom. The smallest absolute Gasteiger partial charge is 0.156 e. The maximum atomic E-state index is 9.12. The summed E-state index contributed by atoms with van der Waals surface area (Å²) in [6, 6.07) is 10.5. The van der Waals surface area contributed by atoms with Crippen molar-refractivity contribution < 1.29 is 0 Å². The molecule has 0 atom stereocenters. The van der Waals surface area contributed by atoms with Crippen LogP contribution in [-0.2, 0) is 6.42 Å². The lowest BCUT2D eigenvalue weighted by atomic mass is 9.86. The Hall–Kier alpha value is -2.93. The summed E-state index contributed by atoms with van der Waals surface area (Å²) < 4.78 is 0. The summed E-state index contributed by atoms with van der Waals surface area (Å²) in [4.78, 5) is 10.8. The maximum absolute atomic E-state index is 9.12. The van der Waals surface area contributed by atoms with Gasteiger partial charge >= 0.3 is 0 Å². The van der Waals surface area contributed by atoms with Crippen LogP contribution in [0.5, 0.6) is 0 Å². The standard InChI is InChI=1S/C17H12N4/c18-8-7-15-14-6-5-12-3-1-2-4-13(12)17(14)20-16-11-19-9-10-21(15)16/h1-4,7,9-11H,5-6H2/b15-7-. The number of aliphatic imine (C=N–C) groups is 2. The summed E-state index contributed by atoms with van der Waals surface area (Å²) in [6.07, 6.45) is 8.78. The SMILES string of the molecule is N#C/C=C1/C2=C(N=C3C=NC=CN31)c1ccccc1CC2. The average Bonchev–Trinajstić information content (AvgIpc) is 2.55. The number of hydrogen-bond donors (Lipinski definition) is 0. The van der Waals surface area contributed by atoms with Crippen molar-refractivity contribution in [3.05, 3.63) is 65.1 Å². The van der Waals surface area contributed by atoms with Gasteiger partial charge < -0.3 is 0 Å². The van der Waals surface area contributed by atoms with E-state index >= 15 is 0 Å². The van der Waals surface area contributed by atoms with E-state index in [-0.39, 0.29) is 0 Å². The minimum absolute atomic E-state index is 0.759. The quantitative estimate of drug-likeness (QED) is 0.682. The highest BCUT2D eigenvalue weighted by Gasteiger charge is 2.29. The monoisotopic (exact) mass is 272 g/mol. The number of amidine groups is 1. The van der Waals surface area contributed by atoms with Crippen LogP contribution in [0.1, 0.15) is 17.5 Å². The first-order valence-corrected chi connectivity index (χ1v) is 6.88. The molecule has 0 spiro atoms. The molecule has 4 heteroatoms. The number of aryl methyl sites for hydroxylation is 1. The normalized spacial score (nSPS) is 20.6. The highest BCUT2D eigenvalue weighted by atomic mass is 15.2. The molecule has 1 aromatic rings. The summed E-state index contributed by atoms with van der Waals surface area (Å²) in [6.45, 7) is 0. The van der Waals surface area contributed by atoms with Crippen LogP contribution in [0.4, 0.5) is 0 Å². The molecule has 0 N–H and O–H groups in total. The first-order valence-electron chi connectivity index (χ1n) is 6.88. The lowest BCUT2D eigenvalue weighted by Gasteiger charge is -2.33. The zero-order valence-corrected chi connectivity index (χ0v) is 11.3. The van der Waals surface area contributed by atoms with Crippen molar-refractivity contribution in [3.63, 3.8) is 0 Å². The zero-order valence-electron chi connectivity index (χ0n) is 11.3. The summed E-state index contributed by atoms with van der Waals surface area (Å²) in [5.74, 6) is 0.759. The van der Waals surface area contributed by atoms with Crippen LogP contribution < -0.4 is 0 Å². The Labute approximate surface area is 122 Å². The van der Waals surface area contributed by atoms with Crippen molar-refractivity contribution in [3.8, 4) is 6.07 Å². The summed E-state index contributed by atoms with van der Waals surface area (Å²) in [7, 11) is 0. The number of nitriles is 1. The molecule has 2 aliphatic heterocycles. The van der Waals surface area contributed by atoms with Crippen LogP contribution in [0.15, 0.2) is 64.0 Å². The van der Waals surface area contributed by atoms with Crippen LogP contribution >= 0.6 is 0 Å². The van der Waals surface area contributed by atoms with E-state index in [1.807, 2.05) is 17.2 Å². The molecular weight excluding hydrogens is 260 g/mol. The Kier molecular flexibility index (Phi) is 2.58. The molecule has 0 unspecified atom stereocenters.